The molecule has 170 valence electrons. The summed E-state index contributed by atoms with van der Waals surface area (Å²) in [6.07, 6.45) is 0.924. The topological polar surface area (TPSA) is 97.0 Å². The van der Waals surface area contributed by atoms with Gasteiger partial charge >= 0.3 is 6.09 Å². The van der Waals surface area contributed by atoms with Crippen LogP contribution in [0.2, 0.25) is 5.02 Å². The largest absolute Gasteiger partial charge is 0.444 e. The Bertz CT molecular complexity index is 1350. The molecule has 0 saturated heterocycles. The third-order valence-electron chi connectivity index (χ3n) is 5.23. The number of halogens is 2. The Balaban J connectivity index is 1.97. The summed E-state index contributed by atoms with van der Waals surface area (Å²) in [6, 6.07) is 10.2. The van der Waals surface area contributed by atoms with Gasteiger partial charge in [0.25, 0.3) is 5.56 Å². The minimum absolute atomic E-state index is 0.00508. The van der Waals surface area contributed by atoms with Crippen LogP contribution in [0.5, 0.6) is 0 Å². The Morgan fingerprint density at radius 3 is 2.70 bits per heavy atom. The first-order valence-electron chi connectivity index (χ1n) is 10.5. The van der Waals surface area contributed by atoms with E-state index in [-0.39, 0.29) is 27.7 Å². The molecule has 1 aromatic heterocycles. The number of hydrogen-bond donors (Lipinski definition) is 1. The van der Waals surface area contributed by atoms with Crippen LogP contribution in [0.1, 0.15) is 51.0 Å². The van der Waals surface area contributed by atoms with E-state index in [9.17, 15) is 19.2 Å². The Kier molecular flexibility index (Phi) is 5.85. The molecule has 7 nitrogen and oxygen atoms in total. The number of benzene rings is 2. The highest BCUT2D eigenvalue weighted by Gasteiger charge is 2.38. The zero-order chi connectivity index (χ0) is 23.9. The van der Waals surface area contributed by atoms with Crippen molar-refractivity contribution in [3.63, 3.8) is 0 Å². The molecule has 0 aliphatic heterocycles. The summed E-state index contributed by atoms with van der Waals surface area (Å²) in [4.78, 5) is 30.7. The molecule has 9 heteroatoms. The SMILES string of the molecule is CC(C)(C)OC(=O)N[C@H](c1nc2c(F)ccc(Cl)c2c(=O)n1-c1cccc(C#N)c1)C1CC1. The highest BCUT2D eigenvalue weighted by atomic mass is 35.5. The predicted octanol–water partition coefficient (Wildman–Crippen LogP) is 5.03. The Morgan fingerprint density at radius 2 is 2.06 bits per heavy atom. The number of amides is 1. The van der Waals surface area contributed by atoms with Crippen molar-refractivity contribution in [2.45, 2.75) is 45.3 Å². The first kappa shape index (κ1) is 22.7. The minimum atomic E-state index is -0.727. The van der Waals surface area contributed by atoms with Gasteiger partial charge < -0.3 is 10.1 Å². The molecule has 1 amide bonds. The van der Waals surface area contributed by atoms with Gasteiger partial charge in [0.15, 0.2) is 0 Å². The van der Waals surface area contributed by atoms with Gasteiger partial charge in [0.1, 0.15) is 22.8 Å². The van der Waals surface area contributed by atoms with Crippen LogP contribution in [0.3, 0.4) is 0 Å². The number of rotatable bonds is 4. The van der Waals surface area contributed by atoms with Crippen molar-refractivity contribution in [3.05, 3.63) is 69.0 Å². The molecule has 1 heterocycles. The number of nitrogens with zero attached hydrogens (tertiary/aromatic N) is 3. The quantitative estimate of drug-likeness (QED) is 0.579. The number of carbonyl (C=O) groups excluding carboxylic acids is 1. The van der Waals surface area contributed by atoms with Crippen molar-refractivity contribution in [2.75, 3.05) is 0 Å². The maximum Gasteiger partial charge on any atom is 0.408 e. The van der Waals surface area contributed by atoms with Gasteiger partial charge in [0, 0.05) is 0 Å². The van der Waals surface area contributed by atoms with Crippen molar-refractivity contribution in [2.24, 2.45) is 5.92 Å². The zero-order valence-corrected chi connectivity index (χ0v) is 19.1. The van der Waals surface area contributed by atoms with Crippen LogP contribution < -0.4 is 10.9 Å². The first-order chi connectivity index (χ1) is 15.6. The summed E-state index contributed by atoms with van der Waals surface area (Å²) >= 11 is 6.25. The molecule has 0 bridgehead atoms. The summed E-state index contributed by atoms with van der Waals surface area (Å²) in [5.41, 5.74) is -0.799. The molecule has 1 fully saturated rings. The van der Waals surface area contributed by atoms with Gasteiger partial charge in [-0.25, -0.2) is 14.2 Å². The Hall–Kier alpha value is -3.44. The maximum absolute atomic E-state index is 14.7. The fourth-order valence-electron chi connectivity index (χ4n) is 3.66. The van der Waals surface area contributed by atoms with Gasteiger partial charge in [0.2, 0.25) is 0 Å². The maximum atomic E-state index is 14.7. The first-order valence-corrected chi connectivity index (χ1v) is 10.9. The smallest absolute Gasteiger partial charge is 0.408 e. The Morgan fingerprint density at radius 1 is 1.33 bits per heavy atom. The molecular formula is C24H22ClFN4O3. The predicted molar refractivity (Wildman–Crippen MR) is 122 cm³/mol. The van der Waals surface area contributed by atoms with Crippen molar-refractivity contribution in [1.82, 2.24) is 14.9 Å². The molecule has 0 unspecified atom stereocenters. The van der Waals surface area contributed by atoms with E-state index in [2.05, 4.69) is 10.3 Å². The van der Waals surface area contributed by atoms with E-state index in [1.165, 1.54) is 16.7 Å². The lowest BCUT2D eigenvalue weighted by molar-refractivity contribution is 0.0493. The number of nitrogens with one attached hydrogen (secondary N) is 1. The van der Waals surface area contributed by atoms with Gasteiger partial charge in [-0.3, -0.25) is 9.36 Å². The molecular weight excluding hydrogens is 447 g/mol. The van der Waals surface area contributed by atoms with Crippen LogP contribution in [0, 0.1) is 23.1 Å². The molecule has 4 rings (SSSR count). The number of ether oxygens (including phenoxy) is 1. The van der Waals surface area contributed by atoms with E-state index in [0.29, 0.717) is 11.3 Å². The second kappa shape index (κ2) is 8.49. The summed E-state index contributed by atoms with van der Waals surface area (Å²) < 4.78 is 21.4. The van der Waals surface area contributed by atoms with Crippen molar-refractivity contribution >= 4 is 28.6 Å². The minimum Gasteiger partial charge on any atom is -0.444 e. The summed E-state index contributed by atoms with van der Waals surface area (Å²) in [5, 5.41) is 12.1. The van der Waals surface area contributed by atoms with E-state index < -0.39 is 29.1 Å². The zero-order valence-electron chi connectivity index (χ0n) is 18.4. The summed E-state index contributed by atoms with van der Waals surface area (Å²) in [7, 11) is 0. The lowest BCUT2D eigenvalue weighted by Gasteiger charge is -2.25. The van der Waals surface area contributed by atoms with Crippen LogP contribution in [-0.2, 0) is 4.74 Å². The third kappa shape index (κ3) is 4.69. The number of nitriles is 1. The molecule has 1 aliphatic carbocycles. The van der Waals surface area contributed by atoms with Crippen molar-refractivity contribution in [3.8, 4) is 11.8 Å². The Labute approximate surface area is 194 Å². The van der Waals surface area contributed by atoms with Crippen LogP contribution in [0.4, 0.5) is 9.18 Å². The van der Waals surface area contributed by atoms with E-state index in [0.717, 1.165) is 18.9 Å². The van der Waals surface area contributed by atoms with Crippen LogP contribution in [0.25, 0.3) is 16.6 Å². The lowest BCUT2D eigenvalue weighted by Crippen LogP contribution is -2.39. The van der Waals surface area contributed by atoms with Crippen LogP contribution >= 0.6 is 11.6 Å². The fraction of sp³-hybridized carbons (Fsp3) is 0.333. The fourth-order valence-corrected chi connectivity index (χ4v) is 3.90. The van der Waals surface area contributed by atoms with Gasteiger partial charge in [-0.15, -0.1) is 0 Å². The third-order valence-corrected chi connectivity index (χ3v) is 5.54. The van der Waals surface area contributed by atoms with E-state index in [1.54, 1.807) is 39.0 Å². The average molecular weight is 469 g/mol. The van der Waals surface area contributed by atoms with Gasteiger partial charge in [-0.2, -0.15) is 5.26 Å². The highest BCUT2D eigenvalue weighted by Crippen LogP contribution is 2.41. The summed E-state index contributed by atoms with van der Waals surface area (Å²) in [5.74, 6) is -0.552. The molecule has 0 radical (unpaired) electrons. The molecule has 1 saturated carbocycles. The highest BCUT2D eigenvalue weighted by molar-refractivity contribution is 6.35. The van der Waals surface area contributed by atoms with E-state index in [4.69, 9.17) is 16.3 Å². The van der Waals surface area contributed by atoms with Gasteiger partial charge in [0.05, 0.1) is 33.8 Å². The monoisotopic (exact) mass is 468 g/mol. The number of alkyl carbamates (subject to hydrolysis) is 1. The van der Waals surface area contributed by atoms with Crippen LogP contribution in [0.15, 0.2) is 41.2 Å². The molecule has 0 spiro atoms. The molecule has 1 aliphatic rings. The second-order valence-corrected chi connectivity index (χ2v) is 9.39. The molecule has 2 aromatic carbocycles. The average Bonchev–Trinajstić information content (AvgIpc) is 3.58. The summed E-state index contributed by atoms with van der Waals surface area (Å²) in [6.45, 7) is 5.23. The molecule has 33 heavy (non-hydrogen) atoms. The molecule has 1 N–H and O–H groups in total. The normalized spacial score (nSPS) is 14.5. The van der Waals surface area contributed by atoms with E-state index in [1.807, 2.05) is 6.07 Å². The van der Waals surface area contributed by atoms with Crippen molar-refractivity contribution < 1.29 is 13.9 Å². The number of fused-ring (bicyclic) bond motifs is 1. The van der Waals surface area contributed by atoms with Gasteiger partial charge in [-0.1, -0.05) is 17.7 Å². The van der Waals surface area contributed by atoms with Crippen molar-refractivity contribution in [1.29, 1.82) is 5.26 Å². The second-order valence-electron chi connectivity index (χ2n) is 8.99. The number of hydrogen-bond acceptors (Lipinski definition) is 5. The number of aromatic nitrogens is 2. The lowest BCUT2D eigenvalue weighted by atomic mass is 10.1. The molecule has 3 aromatic rings. The molecule has 1 atom stereocenters. The van der Waals surface area contributed by atoms with E-state index >= 15 is 0 Å². The van der Waals surface area contributed by atoms with Crippen LogP contribution in [-0.4, -0.2) is 21.2 Å². The standard InChI is InChI=1S/C24H22ClFN4O3/c1-24(2,3)33-23(32)29-19(14-7-8-14)21-28-20-17(26)10-9-16(25)18(20)22(31)30(21)15-6-4-5-13(11-15)12-27/h4-6,9-11,14,19H,7-8H2,1-3H3,(H,29,32)/t19-/m0/s1. The van der Waals surface area contributed by atoms with Gasteiger partial charge in [-0.05, 0) is 69.9 Å². The number of carbonyl (C=O) groups is 1.